The van der Waals surface area contributed by atoms with Crippen molar-refractivity contribution in [3.63, 3.8) is 0 Å². The van der Waals surface area contributed by atoms with Crippen LogP contribution in [0.3, 0.4) is 0 Å². The van der Waals surface area contributed by atoms with Gasteiger partial charge in [-0.1, -0.05) is 18.2 Å². The molecule has 21 heavy (non-hydrogen) atoms. The van der Waals surface area contributed by atoms with E-state index in [9.17, 15) is 4.79 Å². The lowest BCUT2D eigenvalue weighted by molar-refractivity contribution is -0.121. The summed E-state index contributed by atoms with van der Waals surface area (Å²) >= 11 is 0. The summed E-state index contributed by atoms with van der Waals surface area (Å²) in [5.74, 6) is 0.0854. The number of carbonyl (C=O) groups is 1. The van der Waals surface area contributed by atoms with Crippen LogP contribution >= 0.6 is 0 Å². The predicted molar refractivity (Wildman–Crippen MR) is 87.5 cm³/mol. The number of nitrogens with one attached hydrogen (secondary N) is 1. The van der Waals surface area contributed by atoms with Gasteiger partial charge in [0.25, 0.3) is 0 Å². The fraction of sp³-hybridized carbons (Fsp3) is 0.588. The van der Waals surface area contributed by atoms with Crippen molar-refractivity contribution < 1.29 is 4.79 Å². The molecule has 4 nitrogen and oxygen atoms in total. The van der Waals surface area contributed by atoms with Crippen LogP contribution in [0, 0.1) is 0 Å². The van der Waals surface area contributed by atoms with Gasteiger partial charge >= 0.3 is 0 Å². The second kappa shape index (κ2) is 7.46. The van der Waals surface area contributed by atoms with Crippen LogP contribution in [-0.4, -0.2) is 31.1 Å². The van der Waals surface area contributed by atoms with E-state index >= 15 is 0 Å². The quantitative estimate of drug-likeness (QED) is 0.872. The SMILES string of the molecule is CC(C)NC(=O)CC(CN)N1CCCCc2ccccc21. The van der Waals surface area contributed by atoms with Crippen molar-refractivity contribution >= 4 is 11.6 Å². The van der Waals surface area contributed by atoms with Gasteiger partial charge in [0.1, 0.15) is 0 Å². The molecule has 0 saturated heterocycles. The first-order chi connectivity index (χ1) is 10.1. The average molecular weight is 289 g/mol. The predicted octanol–water partition coefficient (Wildman–Crippen LogP) is 2.07. The minimum Gasteiger partial charge on any atom is -0.367 e. The minimum atomic E-state index is 0.0722. The van der Waals surface area contributed by atoms with Crippen molar-refractivity contribution in [2.24, 2.45) is 5.73 Å². The van der Waals surface area contributed by atoms with Gasteiger partial charge in [-0.15, -0.1) is 0 Å². The monoisotopic (exact) mass is 289 g/mol. The molecular weight excluding hydrogens is 262 g/mol. The first-order valence-corrected chi connectivity index (χ1v) is 7.95. The maximum Gasteiger partial charge on any atom is 0.222 e. The highest BCUT2D eigenvalue weighted by atomic mass is 16.1. The van der Waals surface area contributed by atoms with Gasteiger partial charge in [-0.25, -0.2) is 0 Å². The maximum atomic E-state index is 12.1. The Morgan fingerprint density at radius 2 is 2.10 bits per heavy atom. The Labute approximate surface area is 127 Å². The van der Waals surface area contributed by atoms with Gasteiger partial charge in [-0.05, 0) is 44.7 Å². The molecule has 2 rings (SSSR count). The Morgan fingerprint density at radius 1 is 1.33 bits per heavy atom. The fourth-order valence-corrected chi connectivity index (χ4v) is 3.02. The highest BCUT2D eigenvalue weighted by Crippen LogP contribution is 2.28. The molecule has 1 aromatic carbocycles. The number of fused-ring (bicyclic) bond motifs is 1. The van der Waals surface area contributed by atoms with E-state index < -0.39 is 0 Å². The molecular formula is C17H27N3O. The van der Waals surface area contributed by atoms with Gasteiger partial charge in [-0.2, -0.15) is 0 Å². The van der Waals surface area contributed by atoms with Crippen molar-refractivity contribution in [2.75, 3.05) is 18.0 Å². The van der Waals surface area contributed by atoms with Gasteiger partial charge in [0.05, 0.1) is 0 Å². The number of anilines is 1. The summed E-state index contributed by atoms with van der Waals surface area (Å²) < 4.78 is 0. The lowest BCUT2D eigenvalue weighted by Crippen LogP contribution is -2.45. The summed E-state index contributed by atoms with van der Waals surface area (Å²) in [7, 11) is 0. The molecule has 1 heterocycles. The number of para-hydroxylation sites is 1. The van der Waals surface area contributed by atoms with Crippen LogP contribution in [0.25, 0.3) is 0 Å². The van der Waals surface area contributed by atoms with Crippen molar-refractivity contribution in [2.45, 2.75) is 51.6 Å². The van der Waals surface area contributed by atoms with E-state index in [2.05, 4.69) is 34.5 Å². The van der Waals surface area contributed by atoms with Crippen LogP contribution in [0.5, 0.6) is 0 Å². The Hall–Kier alpha value is -1.55. The zero-order chi connectivity index (χ0) is 15.2. The van der Waals surface area contributed by atoms with E-state index in [4.69, 9.17) is 5.73 Å². The normalized spacial score (nSPS) is 16.3. The van der Waals surface area contributed by atoms with E-state index in [1.54, 1.807) is 0 Å². The molecule has 0 bridgehead atoms. The zero-order valence-corrected chi connectivity index (χ0v) is 13.1. The van der Waals surface area contributed by atoms with Crippen LogP contribution < -0.4 is 16.0 Å². The molecule has 0 fully saturated rings. The van der Waals surface area contributed by atoms with Gasteiger partial charge in [0.2, 0.25) is 5.91 Å². The van der Waals surface area contributed by atoms with E-state index in [1.807, 2.05) is 13.8 Å². The van der Waals surface area contributed by atoms with Gasteiger partial charge in [-0.3, -0.25) is 4.79 Å². The van der Waals surface area contributed by atoms with E-state index in [-0.39, 0.29) is 18.0 Å². The van der Waals surface area contributed by atoms with Crippen molar-refractivity contribution in [3.05, 3.63) is 29.8 Å². The van der Waals surface area contributed by atoms with Crippen LogP contribution in [0.4, 0.5) is 5.69 Å². The summed E-state index contributed by atoms with van der Waals surface area (Å²) in [5.41, 5.74) is 8.59. The molecule has 0 aromatic heterocycles. The van der Waals surface area contributed by atoms with Crippen LogP contribution in [0.15, 0.2) is 24.3 Å². The van der Waals surface area contributed by atoms with Crippen LogP contribution in [0.2, 0.25) is 0 Å². The van der Waals surface area contributed by atoms with Crippen LogP contribution in [0.1, 0.15) is 38.7 Å². The molecule has 0 saturated carbocycles. The number of carbonyl (C=O) groups excluding carboxylic acids is 1. The molecule has 0 aliphatic carbocycles. The molecule has 116 valence electrons. The summed E-state index contributed by atoms with van der Waals surface area (Å²) in [6.07, 6.45) is 3.92. The average Bonchev–Trinajstić information content (AvgIpc) is 2.66. The van der Waals surface area contributed by atoms with Crippen LogP contribution in [-0.2, 0) is 11.2 Å². The number of rotatable bonds is 5. The maximum absolute atomic E-state index is 12.1. The third-order valence-corrected chi connectivity index (χ3v) is 3.98. The van der Waals surface area contributed by atoms with E-state index in [0.717, 1.165) is 19.4 Å². The Balaban J connectivity index is 2.15. The van der Waals surface area contributed by atoms with Crippen molar-refractivity contribution in [1.82, 2.24) is 5.32 Å². The summed E-state index contributed by atoms with van der Waals surface area (Å²) in [6, 6.07) is 8.75. The highest BCUT2D eigenvalue weighted by molar-refractivity contribution is 5.77. The fourth-order valence-electron chi connectivity index (χ4n) is 3.02. The molecule has 1 aliphatic rings. The van der Waals surface area contributed by atoms with Gasteiger partial charge in [0, 0.05) is 37.3 Å². The molecule has 1 aromatic rings. The number of aryl methyl sites for hydroxylation is 1. The summed E-state index contributed by atoms with van der Waals surface area (Å²) in [4.78, 5) is 14.4. The number of hydrogen-bond donors (Lipinski definition) is 2. The van der Waals surface area contributed by atoms with Gasteiger partial charge < -0.3 is 16.0 Å². The Bertz CT molecular complexity index is 473. The molecule has 0 spiro atoms. The standard InChI is InChI=1S/C17H27N3O/c1-13(2)19-17(21)11-15(12-18)20-10-6-5-8-14-7-3-4-9-16(14)20/h3-4,7,9,13,15H,5-6,8,10-12,18H2,1-2H3,(H,19,21). The van der Waals surface area contributed by atoms with E-state index in [0.29, 0.717) is 13.0 Å². The molecule has 1 atom stereocenters. The number of nitrogens with zero attached hydrogens (tertiary/aromatic N) is 1. The lowest BCUT2D eigenvalue weighted by atomic mass is 10.1. The lowest BCUT2D eigenvalue weighted by Gasteiger charge is -2.33. The highest BCUT2D eigenvalue weighted by Gasteiger charge is 2.24. The second-order valence-corrected chi connectivity index (χ2v) is 6.10. The number of amides is 1. The molecule has 0 radical (unpaired) electrons. The molecule has 4 heteroatoms. The number of nitrogens with two attached hydrogens (primary N) is 1. The molecule has 3 N–H and O–H groups in total. The van der Waals surface area contributed by atoms with E-state index in [1.165, 1.54) is 17.7 Å². The molecule has 1 unspecified atom stereocenters. The first kappa shape index (κ1) is 15.8. The summed E-state index contributed by atoms with van der Waals surface area (Å²) in [5, 5.41) is 2.97. The van der Waals surface area contributed by atoms with Crippen molar-refractivity contribution in [1.29, 1.82) is 0 Å². The third-order valence-electron chi connectivity index (χ3n) is 3.98. The topological polar surface area (TPSA) is 58.4 Å². The largest absolute Gasteiger partial charge is 0.367 e. The molecule has 1 aliphatic heterocycles. The second-order valence-electron chi connectivity index (χ2n) is 6.10. The minimum absolute atomic E-state index is 0.0722. The molecule has 1 amide bonds. The number of hydrogen-bond acceptors (Lipinski definition) is 3. The van der Waals surface area contributed by atoms with Crippen molar-refractivity contribution in [3.8, 4) is 0 Å². The number of benzene rings is 1. The smallest absolute Gasteiger partial charge is 0.222 e. The zero-order valence-electron chi connectivity index (χ0n) is 13.1. The third kappa shape index (κ3) is 4.21. The first-order valence-electron chi connectivity index (χ1n) is 7.95. The Kier molecular flexibility index (Phi) is 5.62. The summed E-state index contributed by atoms with van der Waals surface area (Å²) in [6.45, 7) is 5.45. The van der Waals surface area contributed by atoms with Gasteiger partial charge in [0.15, 0.2) is 0 Å². The Morgan fingerprint density at radius 3 is 2.81 bits per heavy atom.